The number of benzene rings is 1. The Morgan fingerprint density at radius 1 is 1.35 bits per heavy atom. The molecule has 0 unspecified atom stereocenters. The molecule has 7 heteroatoms. The second-order valence-corrected chi connectivity index (χ2v) is 6.15. The summed E-state index contributed by atoms with van der Waals surface area (Å²) < 4.78 is 0. The second-order valence-electron chi connectivity index (χ2n) is 5.71. The predicted molar refractivity (Wildman–Crippen MR) is 89.7 cm³/mol. The molecule has 3 aromatic rings. The highest BCUT2D eigenvalue weighted by atomic mass is 35.5. The molecule has 2 aromatic heterocycles. The van der Waals surface area contributed by atoms with Crippen molar-refractivity contribution in [1.82, 2.24) is 15.0 Å². The van der Waals surface area contributed by atoms with Crippen molar-refractivity contribution in [3.63, 3.8) is 0 Å². The van der Waals surface area contributed by atoms with Crippen molar-refractivity contribution in [2.24, 2.45) is 0 Å². The molecule has 3 rings (SSSR count). The van der Waals surface area contributed by atoms with E-state index in [4.69, 9.17) is 11.6 Å². The van der Waals surface area contributed by atoms with E-state index < -0.39 is 11.5 Å². The van der Waals surface area contributed by atoms with E-state index in [1.807, 2.05) is 24.4 Å². The van der Waals surface area contributed by atoms with Gasteiger partial charge in [-0.15, -0.1) is 0 Å². The van der Waals surface area contributed by atoms with Crippen LogP contribution in [0.5, 0.6) is 0 Å². The van der Waals surface area contributed by atoms with Gasteiger partial charge >= 0.3 is 5.97 Å². The number of anilines is 1. The number of hydrogen-bond donors (Lipinski definition) is 3. The number of carboxylic acids is 1. The first kappa shape index (κ1) is 15.3. The van der Waals surface area contributed by atoms with Gasteiger partial charge in [-0.25, -0.2) is 14.8 Å². The lowest BCUT2D eigenvalue weighted by Crippen LogP contribution is -2.40. The summed E-state index contributed by atoms with van der Waals surface area (Å²) in [6, 6.07) is 7.41. The number of aliphatic carboxylic acids is 1. The molecule has 0 aliphatic rings. The molecule has 3 N–H and O–H groups in total. The van der Waals surface area contributed by atoms with E-state index in [0.717, 1.165) is 16.5 Å². The van der Waals surface area contributed by atoms with Crippen LogP contribution in [0.3, 0.4) is 0 Å². The molecule has 2 heterocycles. The van der Waals surface area contributed by atoms with Crippen molar-refractivity contribution in [3.05, 3.63) is 41.8 Å². The Labute approximate surface area is 137 Å². The van der Waals surface area contributed by atoms with Crippen molar-refractivity contribution in [2.45, 2.75) is 19.4 Å². The molecule has 23 heavy (non-hydrogen) atoms. The Kier molecular flexibility index (Phi) is 3.69. The summed E-state index contributed by atoms with van der Waals surface area (Å²) in [5, 5.41) is 13.6. The van der Waals surface area contributed by atoms with Crippen LogP contribution in [-0.2, 0) is 4.79 Å². The van der Waals surface area contributed by atoms with Crippen LogP contribution in [-0.4, -0.2) is 31.6 Å². The van der Waals surface area contributed by atoms with Gasteiger partial charge in [-0.05, 0) is 31.5 Å². The summed E-state index contributed by atoms with van der Waals surface area (Å²) >= 11 is 6.07. The van der Waals surface area contributed by atoms with Gasteiger partial charge in [0.15, 0.2) is 0 Å². The van der Waals surface area contributed by atoms with Crippen molar-refractivity contribution in [3.8, 4) is 11.1 Å². The Morgan fingerprint density at radius 2 is 2.13 bits per heavy atom. The van der Waals surface area contributed by atoms with Crippen molar-refractivity contribution in [1.29, 1.82) is 0 Å². The minimum absolute atomic E-state index is 0.457. The standard InChI is InChI=1S/C16H15ClN4O2/c1-16(2,15(22)23)21-14-12-11(7-18-13(12)19-8-20-14)9-4-3-5-10(17)6-9/h3-8H,1-2H3,(H,22,23)(H2,18,19,20,21). The molecule has 0 aliphatic heterocycles. The Hall–Kier alpha value is -2.60. The average Bonchev–Trinajstić information content (AvgIpc) is 2.92. The average molecular weight is 331 g/mol. The first-order chi connectivity index (χ1) is 10.9. The van der Waals surface area contributed by atoms with Crippen LogP contribution in [0.25, 0.3) is 22.2 Å². The van der Waals surface area contributed by atoms with Crippen molar-refractivity contribution in [2.75, 3.05) is 5.32 Å². The normalized spacial score (nSPS) is 11.6. The lowest BCUT2D eigenvalue weighted by atomic mass is 10.0. The molecule has 118 valence electrons. The van der Waals surface area contributed by atoms with Crippen LogP contribution in [0.2, 0.25) is 5.02 Å². The maximum atomic E-state index is 11.4. The molecule has 0 bridgehead atoms. The number of halogens is 1. The third-order valence-electron chi connectivity index (χ3n) is 3.57. The number of aromatic nitrogens is 3. The summed E-state index contributed by atoms with van der Waals surface area (Å²) in [6.45, 7) is 3.16. The number of carbonyl (C=O) groups is 1. The van der Waals surface area contributed by atoms with E-state index in [1.165, 1.54) is 6.33 Å². The third-order valence-corrected chi connectivity index (χ3v) is 3.81. The first-order valence-electron chi connectivity index (χ1n) is 6.98. The van der Waals surface area contributed by atoms with Crippen LogP contribution in [0.15, 0.2) is 36.8 Å². The van der Waals surface area contributed by atoms with Gasteiger partial charge in [0.25, 0.3) is 0 Å². The fraction of sp³-hybridized carbons (Fsp3) is 0.188. The maximum absolute atomic E-state index is 11.4. The molecule has 0 radical (unpaired) electrons. The molecule has 0 fully saturated rings. The highest BCUT2D eigenvalue weighted by Gasteiger charge is 2.28. The second kappa shape index (κ2) is 5.55. The lowest BCUT2D eigenvalue weighted by Gasteiger charge is -2.22. The topological polar surface area (TPSA) is 90.9 Å². The van der Waals surface area contributed by atoms with E-state index in [1.54, 1.807) is 19.9 Å². The van der Waals surface area contributed by atoms with Crippen molar-refractivity contribution >= 4 is 34.4 Å². The number of rotatable bonds is 4. The van der Waals surface area contributed by atoms with Gasteiger partial charge < -0.3 is 15.4 Å². The summed E-state index contributed by atoms with van der Waals surface area (Å²) in [5.74, 6) is -0.511. The van der Waals surface area contributed by atoms with E-state index >= 15 is 0 Å². The summed E-state index contributed by atoms with van der Waals surface area (Å²) in [5.41, 5.74) is 1.21. The fourth-order valence-electron chi connectivity index (χ4n) is 2.29. The quantitative estimate of drug-likeness (QED) is 0.680. The Bertz CT molecular complexity index is 889. The fourth-order valence-corrected chi connectivity index (χ4v) is 2.48. The van der Waals surface area contributed by atoms with Crippen LogP contribution >= 0.6 is 11.6 Å². The van der Waals surface area contributed by atoms with Gasteiger partial charge in [-0.3, -0.25) is 0 Å². The van der Waals surface area contributed by atoms with E-state index in [2.05, 4.69) is 20.3 Å². The number of aromatic amines is 1. The monoisotopic (exact) mass is 330 g/mol. The van der Waals surface area contributed by atoms with Crippen LogP contribution in [0, 0.1) is 0 Å². The van der Waals surface area contributed by atoms with Gasteiger partial charge in [0.2, 0.25) is 0 Å². The largest absolute Gasteiger partial charge is 0.480 e. The highest BCUT2D eigenvalue weighted by Crippen LogP contribution is 2.33. The number of nitrogens with zero attached hydrogens (tertiary/aromatic N) is 2. The molecule has 0 saturated heterocycles. The zero-order valence-electron chi connectivity index (χ0n) is 12.6. The SMILES string of the molecule is CC(C)(Nc1ncnc2[nH]cc(-c3cccc(Cl)c3)c12)C(=O)O. The number of carboxylic acid groups (broad SMARTS) is 1. The molecular weight excluding hydrogens is 316 g/mol. The van der Waals surface area contributed by atoms with Crippen LogP contribution in [0.4, 0.5) is 5.82 Å². The molecule has 6 nitrogen and oxygen atoms in total. The maximum Gasteiger partial charge on any atom is 0.328 e. The number of hydrogen-bond acceptors (Lipinski definition) is 4. The zero-order valence-corrected chi connectivity index (χ0v) is 13.3. The minimum Gasteiger partial charge on any atom is -0.480 e. The van der Waals surface area contributed by atoms with E-state index in [0.29, 0.717) is 16.5 Å². The first-order valence-corrected chi connectivity index (χ1v) is 7.36. The number of fused-ring (bicyclic) bond motifs is 1. The molecule has 0 saturated carbocycles. The zero-order chi connectivity index (χ0) is 16.6. The minimum atomic E-state index is -1.16. The highest BCUT2D eigenvalue weighted by molar-refractivity contribution is 6.31. The van der Waals surface area contributed by atoms with Crippen LogP contribution < -0.4 is 5.32 Å². The molecular formula is C16H15ClN4O2. The lowest BCUT2D eigenvalue weighted by molar-refractivity contribution is -0.141. The Morgan fingerprint density at radius 3 is 2.83 bits per heavy atom. The molecule has 0 atom stereocenters. The number of H-pyrrole nitrogens is 1. The van der Waals surface area contributed by atoms with Gasteiger partial charge in [0.05, 0.1) is 5.39 Å². The van der Waals surface area contributed by atoms with Gasteiger partial charge in [0, 0.05) is 16.8 Å². The number of nitrogens with one attached hydrogen (secondary N) is 2. The molecule has 0 amide bonds. The van der Waals surface area contributed by atoms with E-state index in [9.17, 15) is 9.90 Å². The summed E-state index contributed by atoms with van der Waals surface area (Å²) in [6.07, 6.45) is 3.20. The molecule has 0 aliphatic carbocycles. The molecule has 0 spiro atoms. The summed E-state index contributed by atoms with van der Waals surface area (Å²) in [7, 11) is 0. The predicted octanol–water partition coefficient (Wildman–Crippen LogP) is 3.55. The molecule has 1 aromatic carbocycles. The Balaban J connectivity index is 2.17. The van der Waals surface area contributed by atoms with Crippen molar-refractivity contribution < 1.29 is 9.90 Å². The smallest absolute Gasteiger partial charge is 0.328 e. The summed E-state index contributed by atoms with van der Waals surface area (Å²) in [4.78, 5) is 22.9. The van der Waals surface area contributed by atoms with Crippen LogP contribution in [0.1, 0.15) is 13.8 Å². The van der Waals surface area contributed by atoms with Gasteiger partial charge in [0.1, 0.15) is 23.3 Å². The third kappa shape index (κ3) is 2.85. The van der Waals surface area contributed by atoms with E-state index in [-0.39, 0.29) is 0 Å². The van der Waals surface area contributed by atoms with Gasteiger partial charge in [-0.2, -0.15) is 0 Å². The van der Waals surface area contributed by atoms with Gasteiger partial charge in [-0.1, -0.05) is 23.7 Å².